The van der Waals surface area contributed by atoms with E-state index in [1.54, 1.807) is 12.1 Å². The monoisotopic (exact) mass is 265 g/mol. The molecule has 106 valence electrons. The van der Waals surface area contributed by atoms with Gasteiger partial charge in [-0.05, 0) is 31.6 Å². The average Bonchev–Trinajstić information content (AvgIpc) is 2.83. The Morgan fingerprint density at radius 2 is 2.11 bits per heavy atom. The highest BCUT2D eigenvalue weighted by Gasteiger charge is 2.26. The summed E-state index contributed by atoms with van der Waals surface area (Å²) in [6, 6.07) is 5.60. The van der Waals surface area contributed by atoms with Crippen LogP contribution in [0.2, 0.25) is 0 Å². The number of hydrogen-bond donors (Lipinski definition) is 1. The number of rotatable bonds is 5. The van der Waals surface area contributed by atoms with E-state index in [1.807, 2.05) is 0 Å². The number of benzene rings is 1. The summed E-state index contributed by atoms with van der Waals surface area (Å²) in [4.78, 5) is 4.82. The zero-order chi connectivity index (χ0) is 13.8. The van der Waals surface area contributed by atoms with E-state index >= 15 is 0 Å². The van der Waals surface area contributed by atoms with Gasteiger partial charge in [0.2, 0.25) is 0 Å². The number of nitrogens with zero attached hydrogens (tertiary/aromatic N) is 2. The van der Waals surface area contributed by atoms with Gasteiger partial charge >= 0.3 is 0 Å². The quantitative estimate of drug-likeness (QED) is 0.829. The third kappa shape index (κ3) is 3.45. The number of halogens is 1. The Hall–Kier alpha value is -1.13. The number of nitrogen functional groups attached to an aromatic ring is 1. The Bertz CT molecular complexity index is 418. The summed E-state index contributed by atoms with van der Waals surface area (Å²) in [5, 5.41) is 0. The molecule has 0 aromatic heterocycles. The number of likely N-dealkylation sites (N-methyl/N-ethyl adjacent to an activating group) is 1. The van der Waals surface area contributed by atoms with E-state index < -0.39 is 0 Å². The fourth-order valence-electron chi connectivity index (χ4n) is 2.93. The number of nitrogens with two attached hydrogens (primary N) is 1. The third-order valence-corrected chi connectivity index (χ3v) is 4.05. The van der Waals surface area contributed by atoms with Gasteiger partial charge in [-0.1, -0.05) is 19.9 Å². The molecule has 1 unspecified atom stereocenters. The maximum atomic E-state index is 13.8. The van der Waals surface area contributed by atoms with E-state index in [4.69, 9.17) is 5.73 Å². The van der Waals surface area contributed by atoms with Gasteiger partial charge in [0.1, 0.15) is 5.82 Å². The fraction of sp³-hybridized carbons (Fsp3) is 0.600. The van der Waals surface area contributed by atoms with Crippen LogP contribution in [0.4, 0.5) is 10.1 Å². The minimum atomic E-state index is -0.189. The predicted octanol–water partition coefficient (Wildman–Crippen LogP) is 2.32. The standard InChI is InChI=1S/C15H24FN3/c1-3-19(4-2)14-7-8-18(11-14)10-12-5-6-13(17)9-15(12)16/h5-6,9,14H,3-4,7-8,10-11,17H2,1-2H3. The molecular weight excluding hydrogens is 241 g/mol. The number of hydrogen-bond acceptors (Lipinski definition) is 3. The molecule has 1 aromatic carbocycles. The molecule has 1 aromatic rings. The molecule has 3 nitrogen and oxygen atoms in total. The Balaban J connectivity index is 1.94. The first-order valence-electron chi connectivity index (χ1n) is 7.14. The second kappa shape index (κ2) is 6.35. The van der Waals surface area contributed by atoms with Gasteiger partial charge in [0.15, 0.2) is 0 Å². The second-order valence-electron chi connectivity index (χ2n) is 5.25. The van der Waals surface area contributed by atoms with E-state index in [1.165, 1.54) is 12.5 Å². The van der Waals surface area contributed by atoms with Gasteiger partial charge in [-0.25, -0.2) is 4.39 Å². The first-order valence-corrected chi connectivity index (χ1v) is 7.14. The zero-order valence-corrected chi connectivity index (χ0v) is 11.9. The normalized spacial score (nSPS) is 20.3. The SMILES string of the molecule is CCN(CC)C1CCN(Cc2ccc(N)cc2F)C1. The predicted molar refractivity (Wildman–Crippen MR) is 77.4 cm³/mol. The molecule has 0 radical (unpaired) electrons. The first-order chi connectivity index (χ1) is 9.13. The summed E-state index contributed by atoms with van der Waals surface area (Å²) in [7, 11) is 0. The maximum absolute atomic E-state index is 13.8. The summed E-state index contributed by atoms with van der Waals surface area (Å²) >= 11 is 0. The number of anilines is 1. The van der Waals surface area contributed by atoms with Crippen molar-refractivity contribution in [3.05, 3.63) is 29.6 Å². The van der Waals surface area contributed by atoms with E-state index in [2.05, 4.69) is 23.6 Å². The summed E-state index contributed by atoms with van der Waals surface area (Å²) in [5.41, 5.74) is 6.81. The van der Waals surface area contributed by atoms with Gasteiger partial charge < -0.3 is 5.73 Å². The molecule has 1 aliphatic rings. The first kappa shape index (κ1) is 14.3. The van der Waals surface area contributed by atoms with E-state index in [9.17, 15) is 4.39 Å². The molecule has 1 atom stereocenters. The van der Waals surface area contributed by atoms with Gasteiger partial charge in [0, 0.05) is 36.9 Å². The molecule has 1 fully saturated rings. The molecule has 1 aliphatic heterocycles. The van der Waals surface area contributed by atoms with Crippen molar-refractivity contribution in [2.75, 3.05) is 31.9 Å². The lowest BCUT2D eigenvalue weighted by molar-refractivity contribution is 0.208. The van der Waals surface area contributed by atoms with Crippen LogP contribution >= 0.6 is 0 Å². The van der Waals surface area contributed by atoms with Crippen LogP contribution in [0.25, 0.3) is 0 Å². The van der Waals surface area contributed by atoms with Gasteiger partial charge in [-0.2, -0.15) is 0 Å². The van der Waals surface area contributed by atoms with Gasteiger partial charge in [-0.15, -0.1) is 0 Å². The largest absolute Gasteiger partial charge is 0.399 e. The molecule has 0 aliphatic carbocycles. The minimum Gasteiger partial charge on any atom is -0.399 e. The van der Waals surface area contributed by atoms with Gasteiger partial charge in [0.05, 0.1) is 0 Å². The van der Waals surface area contributed by atoms with Crippen LogP contribution in [-0.4, -0.2) is 42.0 Å². The van der Waals surface area contributed by atoms with Crippen LogP contribution in [0, 0.1) is 5.82 Å². The lowest BCUT2D eigenvalue weighted by atomic mass is 10.2. The summed E-state index contributed by atoms with van der Waals surface area (Å²) in [5.74, 6) is -0.189. The second-order valence-corrected chi connectivity index (χ2v) is 5.25. The maximum Gasteiger partial charge on any atom is 0.129 e. The Morgan fingerprint density at radius 3 is 2.74 bits per heavy atom. The lowest BCUT2D eigenvalue weighted by Gasteiger charge is -2.26. The van der Waals surface area contributed by atoms with E-state index in [0.717, 1.165) is 31.7 Å². The Labute approximate surface area is 115 Å². The molecule has 1 heterocycles. The Morgan fingerprint density at radius 1 is 1.37 bits per heavy atom. The molecule has 1 saturated heterocycles. The third-order valence-electron chi connectivity index (χ3n) is 4.05. The van der Waals surface area contributed by atoms with Crippen molar-refractivity contribution in [3.8, 4) is 0 Å². The highest BCUT2D eigenvalue weighted by atomic mass is 19.1. The minimum absolute atomic E-state index is 0.189. The van der Waals surface area contributed by atoms with Gasteiger partial charge in [-0.3, -0.25) is 9.80 Å². The van der Waals surface area contributed by atoms with Crippen molar-refractivity contribution < 1.29 is 4.39 Å². The highest BCUT2D eigenvalue weighted by molar-refractivity contribution is 5.40. The summed E-state index contributed by atoms with van der Waals surface area (Å²) in [6.07, 6.45) is 1.18. The van der Waals surface area contributed by atoms with Crippen molar-refractivity contribution in [2.45, 2.75) is 32.9 Å². The zero-order valence-electron chi connectivity index (χ0n) is 11.9. The smallest absolute Gasteiger partial charge is 0.129 e. The van der Waals surface area contributed by atoms with E-state index in [-0.39, 0.29) is 5.82 Å². The van der Waals surface area contributed by atoms with E-state index in [0.29, 0.717) is 18.3 Å². The molecular formula is C15H24FN3. The van der Waals surface area contributed by atoms with Crippen LogP contribution < -0.4 is 5.73 Å². The number of likely N-dealkylation sites (tertiary alicyclic amines) is 1. The van der Waals surface area contributed by atoms with Crippen molar-refractivity contribution in [3.63, 3.8) is 0 Å². The van der Waals surface area contributed by atoms with Crippen LogP contribution in [-0.2, 0) is 6.54 Å². The van der Waals surface area contributed by atoms with Crippen molar-refractivity contribution in [1.82, 2.24) is 9.80 Å². The molecule has 0 saturated carbocycles. The van der Waals surface area contributed by atoms with Crippen LogP contribution in [0.15, 0.2) is 18.2 Å². The van der Waals surface area contributed by atoms with Crippen molar-refractivity contribution in [1.29, 1.82) is 0 Å². The van der Waals surface area contributed by atoms with Crippen molar-refractivity contribution in [2.24, 2.45) is 0 Å². The lowest BCUT2D eigenvalue weighted by Crippen LogP contribution is -2.37. The van der Waals surface area contributed by atoms with Gasteiger partial charge in [0.25, 0.3) is 0 Å². The summed E-state index contributed by atoms with van der Waals surface area (Å²) < 4.78 is 13.8. The molecule has 0 amide bonds. The molecule has 19 heavy (non-hydrogen) atoms. The average molecular weight is 265 g/mol. The van der Waals surface area contributed by atoms with Crippen LogP contribution in [0.1, 0.15) is 25.8 Å². The molecule has 2 N–H and O–H groups in total. The Kier molecular flexibility index (Phi) is 4.77. The molecule has 4 heteroatoms. The molecule has 0 spiro atoms. The molecule has 0 bridgehead atoms. The summed E-state index contributed by atoms with van der Waals surface area (Å²) in [6.45, 7) is 9.34. The van der Waals surface area contributed by atoms with Crippen LogP contribution in [0.3, 0.4) is 0 Å². The fourth-order valence-corrected chi connectivity index (χ4v) is 2.93. The van der Waals surface area contributed by atoms with Crippen molar-refractivity contribution >= 4 is 5.69 Å². The molecule has 2 rings (SSSR count). The topological polar surface area (TPSA) is 32.5 Å². The highest BCUT2D eigenvalue weighted by Crippen LogP contribution is 2.20. The van der Waals surface area contributed by atoms with Crippen LogP contribution in [0.5, 0.6) is 0 Å².